The van der Waals surface area contributed by atoms with Crippen molar-refractivity contribution in [2.75, 3.05) is 0 Å². The highest BCUT2D eigenvalue weighted by Crippen LogP contribution is 2.24. The Balaban J connectivity index is 2.00. The van der Waals surface area contributed by atoms with Gasteiger partial charge in [0, 0.05) is 17.5 Å². The van der Waals surface area contributed by atoms with Crippen molar-refractivity contribution >= 4 is 5.65 Å². The van der Waals surface area contributed by atoms with Gasteiger partial charge in [-0.25, -0.2) is 4.98 Å². The van der Waals surface area contributed by atoms with Crippen LogP contribution in [0.5, 0.6) is 5.75 Å². The summed E-state index contributed by atoms with van der Waals surface area (Å²) in [6, 6.07) is 13.8. The van der Waals surface area contributed by atoms with Gasteiger partial charge in [0.05, 0.1) is 17.4 Å². The fraction of sp³-hybridized carbons (Fsp3) is 0.222. The van der Waals surface area contributed by atoms with E-state index in [-0.39, 0.29) is 6.10 Å². The normalized spacial score (nSPS) is 10.9. The molecule has 22 heavy (non-hydrogen) atoms. The number of hydrogen-bond donors (Lipinski definition) is 0. The molecule has 0 bridgehead atoms. The Labute approximate surface area is 129 Å². The predicted octanol–water partition coefficient (Wildman–Crippen LogP) is 3.97. The fourth-order valence-electron chi connectivity index (χ4n) is 2.42. The van der Waals surface area contributed by atoms with Gasteiger partial charge in [0.1, 0.15) is 17.5 Å². The third-order valence-corrected chi connectivity index (χ3v) is 3.53. The van der Waals surface area contributed by atoms with Gasteiger partial charge in [0.15, 0.2) is 0 Å². The molecule has 0 unspecified atom stereocenters. The summed E-state index contributed by atoms with van der Waals surface area (Å²) in [6.07, 6.45) is 2.12. The minimum atomic E-state index is 0.160. The molecular weight excluding hydrogens is 274 g/mol. The SMILES string of the molecule is Cc1c(C#N)ccc2nc(-c3ccc(OC(C)C)cc3)cn12. The van der Waals surface area contributed by atoms with Crippen LogP contribution in [0.2, 0.25) is 0 Å². The van der Waals surface area contributed by atoms with E-state index in [0.29, 0.717) is 5.56 Å². The number of nitrogens with zero attached hydrogens (tertiary/aromatic N) is 3. The summed E-state index contributed by atoms with van der Waals surface area (Å²) < 4.78 is 7.60. The summed E-state index contributed by atoms with van der Waals surface area (Å²) in [4.78, 5) is 4.62. The Morgan fingerprint density at radius 3 is 2.50 bits per heavy atom. The number of aromatic nitrogens is 2. The van der Waals surface area contributed by atoms with Gasteiger partial charge in [-0.05, 0) is 57.2 Å². The molecule has 0 aliphatic carbocycles. The molecule has 0 aliphatic heterocycles. The van der Waals surface area contributed by atoms with Gasteiger partial charge in [-0.3, -0.25) is 0 Å². The Morgan fingerprint density at radius 2 is 1.86 bits per heavy atom. The number of benzene rings is 1. The molecule has 2 heterocycles. The molecule has 4 heteroatoms. The average molecular weight is 291 g/mol. The maximum absolute atomic E-state index is 9.11. The summed E-state index contributed by atoms with van der Waals surface area (Å²) in [7, 11) is 0. The number of aryl methyl sites for hydroxylation is 1. The van der Waals surface area contributed by atoms with Crippen molar-refractivity contribution in [2.45, 2.75) is 26.9 Å². The highest BCUT2D eigenvalue weighted by atomic mass is 16.5. The number of fused-ring (bicyclic) bond motifs is 1. The Bertz CT molecular complexity index is 854. The summed E-state index contributed by atoms with van der Waals surface area (Å²) in [5.74, 6) is 0.852. The summed E-state index contributed by atoms with van der Waals surface area (Å²) in [5, 5.41) is 9.11. The lowest BCUT2D eigenvalue weighted by Gasteiger charge is -2.09. The zero-order chi connectivity index (χ0) is 15.7. The van der Waals surface area contributed by atoms with Crippen LogP contribution in [0, 0.1) is 18.3 Å². The molecule has 2 aromatic heterocycles. The molecule has 1 aromatic carbocycles. The zero-order valence-electron chi connectivity index (χ0n) is 12.9. The number of imidazole rings is 1. The van der Waals surface area contributed by atoms with Gasteiger partial charge in [0.2, 0.25) is 0 Å². The largest absolute Gasteiger partial charge is 0.491 e. The van der Waals surface area contributed by atoms with Crippen LogP contribution in [0.3, 0.4) is 0 Å². The van der Waals surface area contributed by atoms with Crippen LogP contribution in [0.15, 0.2) is 42.6 Å². The first kappa shape index (κ1) is 14.2. The smallest absolute Gasteiger partial charge is 0.137 e. The molecule has 0 saturated carbocycles. The molecule has 3 aromatic rings. The monoisotopic (exact) mass is 291 g/mol. The third-order valence-electron chi connectivity index (χ3n) is 3.53. The predicted molar refractivity (Wildman–Crippen MR) is 85.8 cm³/mol. The molecular formula is C18H17N3O. The number of pyridine rings is 1. The molecule has 0 N–H and O–H groups in total. The van der Waals surface area contributed by atoms with Gasteiger partial charge in [-0.15, -0.1) is 0 Å². The minimum Gasteiger partial charge on any atom is -0.491 e. The van der Waals surface area contributed by atoms with Crippen LogP contribution in [0.4, 0.5) is 0 Å². The van der Waals surface area contributed by atoms with Gasteiger partial charge in [-0.1, -0.05) is 0 Å². The van der Waals surface area contributed by atoms with E-state index in [9.17, 15) is 0 Å². The quantitative estimate of drug-likeness (QED) is 0.733. The summed E-state index contributed by atoms with van der Waals surface area (Å²) in [6.45, 7) is 5.94. The van der Waals surface area contributed by atoms with E-state index < -0.39 is 0 Å². The van der Waals surface area contributed by atoms with Crippen molar-refractivity contribution in [2.24, 2.45) is 0 Å². The van der Waals surface area contributed by atoms with Crippen LogP contribution in [0.25, 0.3) is 16.9 Å². The standard InChI is InChI=1S/C18H17N3O/c1-12(2)22-16-7-4-14(5-8-16)17-11-21-13(3)15(10-19)6-9-18(21)20-17/h4-9,11-12H,1-3H3. The van der Waals surface area contributed by atoms with E-state index in [2.05, 4.69) is 11.1 Å². The van der Waals surface area contributed by atoms with Crippen molar-refractivity contribution in [3.63, 3.8) is 0 Å². The highest BCUT2D eigenvalue weighted by Gasteiger charge is 2.08. The topological polar surface area (TPSA) is 50.3 Å². The zero-order valence-corrected chi connectivity index (χ0v) is 12.9. The minimum absolute atomic E-state index is 0.160. The molecule has 0 spiro atoms. The van der Waals surface area contributed by atoms with Crippen molar-refractivity contribution in [1.82, 2.24) is 9.38 Å². The van der Waals surface area contributed by atoms with Crippen LogP contribution in [0.1, 0.15) is 25.1 Å². The second-order valence-corrected chi connectivity index (χ2v) is 5.49. The summed E-state index contributed by atoms with van der Waals surface area (Å²) in [5.41, 5.74) is 4.32. The van der Waals surface area contributed by atoms with E-state index >= 15 is 0 Å². The maximum Gasteiger partial charge on any atom is 0.137 e. The molecule has 0 atom stereocenters. The molecule has 110 valence electrons. The third kappa shape index (κ3) is 2.53. The van der Waals surface area contributed by atoms with Crippen molar-refractivity contribution in [3.05, 3.63) is 53.9 Å². The number of nitriles is 1. The second kappa shape index (κ2) is 5.53. The van der Waals surface area contributed by atoms with E-state index in [1.54, 1.807) is 6.07 Å². The maximum atomic E-state index is 9.11. The average Bonchev–Trinajstić information content (AvgIpc) is 2.93. The Hall–Kier alpha value is -2.80. The Kier molecular flexibility index (Phi) is 3.56. The summed E-state index contributed by atoms with van der Waals surface area (Å²) >= 11 is 0. The lowest BCUT2D eigenvalue weighted by molar-refractivity contribution is 0.242. The lowest BCUT2D eigenvalue weighted by Crippen LogP contribution is -2.05. The molecule has 0 aliphatic rings. The van der Waals surface area contributed by atoms with E-state index in [1.807, 2.05) is 61.7 Å². The first-order valence-electron chi connectivity index (χ1n) is 7.24. The van der Waals surface area contributed by atoms with Gasteiger partial charge in [-0.2, -0.15) is 5.26 Å². The van der Waals surface area contributed by atoms with Crippen LogP contribution in [-0.2, 0) is 0 Å². The number of hydrogen-bond acceptors (Lipinski definition) is 3. The molecule has 4 nitrogen and oxygen atoms in total. The first-order chi connectivity index (χ1) is 10.6. The molecule has 0 radical (unpaired) electrons. The van der Waals surface area contributed by atoms with Gasteiger partial charge in [0.25, 0.3) is 0 Å². The first-order valence-corrected chi connectivity index (χ1v) is 7.24. The van der Waals surface area contributed by atoms with Gasteiger partial charge >= 0.3 is 0 Å². The van der Waals surface area contributed by atoms with Gasteiger partial charge < -0.3 is 9.14 Å². The van der Waals surface area contributed by atoms with E-state index in [4.69, 9.17) is 10.00 Å². The molecule has 0 saturated heterocycles. The number of ether oxygens (including phenoxy) is 1. The highest BCUT2D eigenvalue weighted by molar-refractivity contribution is 5.64. The fourth-order valence-corrected chi connectivity index (χ4v) is 2.42. The van der Waals surface area contributed by atoms with E-state index in [0.717, 1.165) is 28.3 Å². The van der Waals surface area contributed by atoms with Crippen molar-refractivity contribution < 1.29 is 4.74 Å². The Morgan fingerprint density at radius 1 is 1.14 bits per heavy atom. The number of rotatable bonds is 3. The van der Waals surface area contributed by atoms with Crippen LogP contribution >= 0.6 is 0 Å². The molecule has 3 rings (SSSR count). The van der Waals surface area contributed by atoms with Crippen molar-refractivity contribution in [3.8, 4) is 23.1 Å². The van der Waals surface area contributed by atoms with Crippen LogP contribution < -0.4 is 4.74 Å². The second-order valence-electron chi connectivity index (χ2n) is 5.49. The molecule has 0 amide bonds. The van der Waals surface area contributed by atoms with E-state index in [1.165, 1.54) is 0 Å². The van der Waals surface area contributed by atoms with Crippen molar-refractivity contribution in [1.29, 1.82) is 5.26 Å². The molecule has 0 fully saturated rings. The lowest BCUT2D eigenvalue weighted by atomic mass is 10.1. The van der Waals surface area contributed by atoms with Crippen LogP contribution in [-0.4, -0.2) is 15.5 Å².